The van der Waals surface area contributed by atoms with Crippen molar-refractivity contribution in [2.75, 3.05) is 7.11 Å². The summed E-state index contributed by atoms with van der Waals surface area (Å²) in [5.74, 6) is -2.25. The molecule has 0 unspecified atom stereocenters. The van der Waals surface area contributed by atoms with E-state index < -0.39 is 30.0 Å². The Morgan fingerprint density at radius 3 is 2.07 bits per heavy atom. The molecule has 2 bridgehead atoms. The van der Waals surface area contributed by atoms with Gasteiger partial charge in [-0.15, -0.1) is 0 Å². The lowest BCUT2D eigenvalue weighted by Gasteiger charge is -2.50. The number of aliphatic hydroxyl groups is 2. The molecule has 3 aliphatic heterocycles. The van der Waals surface area contributed by atoms with Gasteiger partial charge in [-0.1, -0.05) is 12.1 Å². The summed E-state index contributed by atoms with van der Waals surface area (Å²) in [5, 5.41) is 64.9. The predicted octanol–water partition coefficient (Wildman–Crippen LogP) is 3.69. The summed E-state index contributed by atoms with van der Waals surface area (Å²) >= 11 is 0. The van der Waals surface area contributed by atoms with Crippen LogP contribution in [0.15, 0.2) is 66.7 Å². The van der Waals surface area contributed by atoms with E-state index in [1.54, 1.807) is 30.3 Å². The number of methoxy groups -OCH3 is 1. The van der Waals surface area contributed by atoms with Gasteiger partial charge in [0.15, 0.2) is 0 Å². The lowest BCUT2D eigenvalue weighted by Crippen LogP contribution is -2.57. The summed E-state index contributed by atoms with van der Waals surface area (Å²) in [6, 6.07) is 16.6. The van der Waals surface area contributed by atoms with Crippen LogP contribution in [0.25, 0.3) is 0 Å². The Bertz CT molecular complexity index is 1670. The van der Waals surface area contributed by atoms with E-state index >= 15 is 0 Å². The fourth-order valence-electron chi connectivity index (χ4n) is 6.10. The van der Waals surface area contributed by atoms with Crippen molar-refractivity contribution in [2.24, 2.45) is 0 Å². The number of rotatable bonds is 3. The molecule has 0 spiro atoms. The third-order valence-electron chi connectivity index (χ3n) is 8.04. The molecule has 3 aliphatic rings. The highest BCUT2D eigenvalue weighted by atomic mass is 16.7. The molecule has 0 saturated heterocycles. The molecular formula is C31H26O10. The molecule has 4 aromatic rings. The van der Waals surface area contributed by atoms with E-state index in [1.165, 1.54) is 43.5 Å². The molecule has 4 aromatic carbocycles. The normalized spacial score (nSPS) is 25.4. The number of hydrogen-bond acceptors (Lipinski definition) is 10. The highest BCUT2D eigenvalue weighted by Crippen LogP contribution is 2.62. The van der Waals surface area contributed by atoms with Crippen molar-refractivity contribution in [1.29, 1.82) is 0 Å². The maximum atomic E-state index is 12.0. The van der Waals surface area contributed by atoms with Gasteiger partial charge in [0.2, 0.25) is 0 Å². The zero-order chi connectivity index (χ0) is 28.6. The van der Waals surface area contributed by atoms with E-state index in [0.29, 0.717) is 28.0 Å². The standard InChI is InChI=1S/C31H26O10/c1-38-18-10-21(35)25-23(11-18)40-31(15-4-8-17(33)9-5-15)30(37)27(25)26-24(41-31)13-20(34)19-12-22(36)28(39-29(19)26)14-2-6-16(32)7-3-14/h2-11,13,22,27-28,30,32-37H,12H2,1H3/t22-,27-,28+,30-,31-/m1/s1. The predicted molar refractivity (Wildman–Crippen MR) is 143 cm³/mol. The fourth-order valence-corrected chi connectivity index (χ4v) is 6.10. The van der Waals surface area contributed by atoms with Crippen LogP contribution in [0, 0.1) is 0 Å². The van der Waals surface area contributed by atoms with Crippen molar-refractivity contribution >= 4 is 0 Å². The van der Waals surface area contributed by atoms with Gasteiger partial charge in [-0.05, 0) is 42.0 Å². The lowest BCUT2D eigenvalue weighted by molar-refractivity contribution is -0.219. The summed E-state index contributed by atoms with van der Waals surface area (Å²) < 4.78 is 24.5. The minimum atomic E-state index is -1.83. The molecule has 0 saturated carbocycles. The fraction of sp³-hybridized carbons (Fsp3) is 0.226. The molecule has 3 heterocycles. The molecule has 5 atom stereocenters. The van der Waals surface area contributed by atoms with E-state index in [-0.39, 0.29) is 52.2 Å². The molecule has 10 nitrogen and oxygen atoms in total. The van der Waals surface area contributed by atoms with Crippen molar-refractivity contribution in [3.63, 3.8) is 0 Å². The zero-order valence-electron chi connectivity index (χ0n) is 21.7. The highest BCUT2D eigenvalue weighted by Gasteiger charge is 2.60. The topological polar surface area (TPSA) is 158 Å². The second-order valence-corrected chi connectivity index (χ2v) is 10.4. The quantitative estimate of drug-likeness (QED) is 0.219. The first kappa shape index (κ1) is 25.2. The maximum Gasteiger partial charge on any atom is 0.305 e. The molecule has 41 heavy (non-hydrogen) atoms. The zero-order valence-corrected chi connectivity index (χ0v) is 21.7. The number of hydrogen-bond donors (Lipinski definition) is 6. The molecule has 0 radical (unpaired) electrons. The van der Waals surface area contributed by atoms with Gasteiger partial charge in [-0.25, -0.2) is 0 Å². The molecule has 10 heteroatoms. The number of aliphatic hydroxyl groups excluding tert-OH is 2. The minimum absolute atomic E-state index is 0.00173. The first-order chi connectivity index (χ1) is 19.7. The van der Waals surface area contributed by atoms with Crippen LogP contribution in [-0.2, 0) is 12.2 Å². The van der Waals surface area contributed by atoms with Crippen molar-refractivity contribution in [2.45, 2.75) is 36.4 Å². The average molecular weight is 559 g/mol. The number of fused-ring (bicyclic) bond motifs is 8. The van der Waals surface area contributed by atoms with E-state index in [2.05, 4.69) is 0 Å². The summed E-state index contributed by atoms with van der Waals surface area (Å²) in [4.78, 5) is 0. The van der Waals surface area contributed by atoms with Gasteiger partial charge in [0.05, 0.1) is 19.1 Å². The first-order valence-corrected chi connectivity index (χ1v) is 13.0. The number of aromatic hydroxyl groups is 4. The maximum absolute atomic E-state index is 12.0. The van der Waals surface area contributed by atoms with Gasteiger partial charge < -0.3 is 49.6 Å². The smallest absolute Gasteiger partial charge is 0.305 e. The Morgan fingerprint density at radius 2 is 1.41 bits per heavy atom. The Labute approximate surface area is 233 Å². The molecule has 210 valence electrons. The lowest BCUT2D eigenvalue weighted by atomic mass is 9.74. The van der Waals surface area contributed by atoms with Crippen LogP contribution in [0.5, 0.6) is 46.0 Å². The third kappa shape index (κ3) is 3.64. The van der Waals surface area contributed by atoms with Gasteiger partial charge in [-0.2, -0.15) is 0 Å². The SMILES string of the molecule is COc1cc(O)c2c(c1)O[C@]1(c3ccc(O)cc3)Oc3cc(O)c4c(c3[C@@H]2[C@H]1O)O[C@@H](c1ccc(O)cc1)[C@H](O)C4. The third-order valence-corrected chi connectivity index (χ3v) is 8.04. The van der Waals surface area contributed by atoms with E-state index in [1.807, 2.05) is 0 Å². The Hall–Kier alpha value is -4.80. The van der Waals surface area contributed by atoms with Gasteiger partial charge in [-0.3, -0.25) is 0 Å². The molecule has 0 amide bonds. The Balaban J connectivity index is 1.47. The molecule has 0 fully saturated rings. The van der Waals surface area contributed by atoms with Crippen molar-refractivity contribution in [3.05, 3.63) is 94.5 Å². The number of phenols is 4. The van der Waals surface area contributed by atoms with Gasteiger partial charge in [0.1, 0.15) is 58.2 Å². The van der Waals surface area contributed by atoms with E-state index in [4.69, 9.17) is 18.9 Å². The van der Waals surface area contributed by atoms with E-state index in [9.17, 15) is 30.6 Å². The van der Waals surface area contributed by atoms with Crippen LogP contribution >= 0.6 is 0 Å². The van der Waals surface area contributed by atoms with Crippen LogP contribution in [0.1, 0.15) is 39.8 Å². The van der Waals surface area contributed by atoms with Crippen LogP contribution in [0.3, 0.4) is 0 Å². The first-order valence-electron chi connectivity index (χ1n) is 13.0. The second kappa shape index (κ2) is 8.85. The van der Waals surface area contributed by atoms with Gasteiger partial charge in [0, 0.05) is 46.9 Å². The van der Waals surface area contributed by atoms with Crippen LogP contribution in [0.4, 0.5) is 0 Å². The monoisotopic (exact) mass is 558 g/mol. The van der Waals surface area contributed by atoms with Crippen molar-refractivity contribution in [1.82, 2.24) is 0 Å². The van der Waals surface area contributed by atoms with Gasteiger partial charge >= 0.3 is 5.79 Å². The largest absolute Gasteiger partial charge is 0.508 e. The Morgan fingerprint density at radius 1 is 0.780 bits per heavy atom. The number of benzene rings is 4. The number of phenolic OH excluding ortho intramolecular Hbond substituents is 4. The van der Waals surface area contributed by atoms with Crippen LogP contribution in [-0.4, -0.2) is 50.0 Å². The van der Waals surface area contributed by atoms with E-state index in [0.717, 1.165) is 0 Å². The summed E-state index contributed by atoms with van der Waals surface area (Å²) in [7, 11) is 1.45. The van der Waals surface area contributed by atoms with Crippen molar-refractivity contribution < 1.29 is 49.6 Å². The molecule has 0 aromatic heterocycles. The van der Waals surface area contributed by atoms with Crippen LogP contribution in [0.2, 0.25) is 0 Å². The Kier molecular flexibility index (Phi) is 5.44. The number of ether oxygens (including phenoxy) is 4. The molecule has 0 aliphatic carbocycles. The summed E-state index contributed by atoms with van der Waals surface area (Å²) in [6.07, 6.45) is -3.29. The minimum Gasteiger partial charge on any atom is -0.508 e. The molecular weight excluding hydrogens is 532 g/mol. The van der Waals surface area contributed by atoms with Crippen LogP contribution < -0.4 is 18.9 Å². The summed E-state index contributed by atoms with van der Waals surface area (Å²) in [6.45, 7) is 0. The van der Waals surface area contributed by atoms with Crippen molar-refractivity contribution in [3.8, 4) is 46.0 Å². The summed E-state index contributed by atoms with van der Waals surface area (Å²) in [5.41, 5.74) is 1.91. The second-order valence-electron chi connectivity index (χ2n) is 10.4. The van der Waals surface area contributed by atoms with Gasteiger partial charge in [0.25, 0.3) is 0 Å². The molecule has 7 rings (SSSR count). The average Bonchev–Trinajstić information content (AvgIpc) is 2.94. The molecule has 6 N–H and O–H groups in total. The highest BCUT2D eigenvalue weighted by molar-refractivity contribution is 5.68.